The van der Waals surface area contributed by atoms with E-state index in [2.05, 4.69) is 41.1 Å². The van der Waals surface area contributed by atoms with Crippen LogP contribution in [0.3, 0.4) is 0 Å². The number of aromatic carboxylic acids is 1. The van der Waals surface area contributed by atoms with Gasteiger partial charge in [0.1, 0.15) is 22.9 Å². The number of ether oxygens (including phenoxy) is 4. The number of aromatic nitrogens is 6. The Morgan fingerprint density at radius 1 is 0.709 bits per heavy atom. The van der Waals surface area contributed by atoms with Crippen LogP contribution in [0.1, 0.15) is 109 Å². The van der Waals surface area contributed by atoms with Gasteiger partial charge >= 0.3 is 69.3 Å². The van der Waals surface area contributed by atoms with E-state index in [1.54, 1.807) is 68.2 Å². The summed E-state index contributed by atoms with van der Waals surface area (Å²) < 4.78 is 60.5. The van der Waals surface area contributed by atoms with Gasteiger partial charge < -0.3 is 34.3 Å². The molecule has 294 valence electrons. The Balaban J connectivity index is -0.000000353. The molecule has 0 atom stereocenters. The molecule has 0 spiro atoms. The molecule has 0 aliphatic carbocycles. The summed E-state index contributed by atoms with van der Waals surface area (Å²) >= 11 is 5.52. The zero-order chi connectivity index (χ0) is 46.6. The average Bonchev–Trinajstić information content (AvgIpc) is 3.07. The van der Waals surface area contributed by atoms with E-state index in [4.69, 9.17) is 57.1 Å². The zero-order valence-electron chi connectivity index (χ0n) is 37.4. The number of hydrogen-bond donors (Lipinski definition) is 2. The van der Waals surface area contributed by atoms with Crippen molar-refractivity contribution in [2.75, 3.05) is 19.7 Å². The Morgan fingerprint density at radius 2 is 1.04 bits per heavy atom. The maximum atomic E-state index is 11.6. The van der Waals surface area contributed by atoms with Gasteiger partial charge in [-0.3, -0.25) is 0 Å². The summed E-state index contributed by atoms with van der Waals surface area (Å²) in [6, 6.07) is 0. The summed E-state index contributed by atoms with van der Waals surface area (Å²) in [7, 11) is 0. The first-order valence-electron chi connectivity index (χ1n) is 17.6. The van der Waals surface area contributed by atoms with Crippen LogP contribution in [-0.2, 0) is 9.47 Å². The third-order valence-corrected chi connectivity index (χ3v) is 4.00. The Morgan fingerprint density at radius 3 is 1.27 bits per heavy atom. The van der Waals surface area contributed by atoms with Gasteiger partial charge in [0.25, 0.3) is 0 Å². The number of carboxylic acid groups (broad SMARTS) is 1. The van der Waals surface area contributed by atoms with Crippen LogP contribution in [0.2, 0.25) is 5.15 Å². The van der Waals surface area contributed by atoms with Gasteiger partial charge in [-0.25, -0.2) is 44.3 Å². The largest absolute Gasteiger partial charge is 1.00 e. The number of aliphatic hydroxyl groups is 1. The monoisotopic (exact) mass is 816 g/mol. The summed E-state index contributed by atoms with van der Waals surface area (Å²) in [5, 5.41) is 26.8. The normalized spacial score (nSPS) is 12.0. The molecule has 0 aliphatic heterocycles. The molecule has 55 heavy (non-hydrogen) atoms. The number of terminal acetylenes is 3. The fraction of sp³-hybridized carbons (Fsp3) is 0.432. The van der Waals surface area contributed by atoms with Gasteiger partial charge in [-0.1, -0.05) is 57.6 Å². The number of esters is 2. The molecule has 16 nitrogen and oxygen atoms in total. The van der Waals surface area contributed by atoms with Crippen molar-refractivity contribution in [3.63, 3.8) is 0 Å². The fourth-order valence-corrected chi connectivity index (χ4v) is 2.29. The van der Waals surface area contributed by atoms with Crippen molar-refractivity contribution < 1.29 is 108 Å². The fourth-order valence-electron chi connectivity index (χ4n) is 2.20. The van der Waals surface area contributed by atoms with E-state index in [0.29, 0.717) is 0 Å². The number of carbonyl (C=O) groups is 3. The first-order chi connectivity index (χ1) is 26.5. The quantitative estimate of drug-likeness (QED) is 0.193. The van der Waals surface area contributed by atoms with Crippen LogP contribution in [0, 0.1) is 37.0 Å². The van der Waals surface area contributed by atoms with E-state index < -0.39 is 54.4 Å². The molecular weight excluding hydrogens is 763 g/mol. The van der Waals surface area contributed by atoms with Gasteiger partial charge in [0, 0.05) is 0 Å². The molecule has 2 N–H and O–H groups in total. The molecule has 0 fully saturated rings. The number of hydrogen-bond acceptors (Lipinski definition) is 15. The molecule has 0 unspecified atom stereocenters. The molecule has 0 amide bonds. The first kappa shape index (κ1) is 45.2. The third kappa shape index (κ3) is 35.2. The van der Waals surface area contributed by atoms with Crippen LogP contribution in [0.5, 0.6) is 11.8 Å². The molecule has 0 saturated heterocycles. The maximum absolute atomic E-state index is 11.6. The van der Waals surface area contributed by atoms with Crippen LogP contribution < -0.4 is 66.0 Å². The van der Waals surface area contributed by atoms with Gasteiger partial charge in [0.15, 0.2) is 30.2 Å². The molecule has 3 aromatic rings. The summed E-state index contributed by atoms with van der Waals surface area (Å²) in [4.78, 5) is 55.5. The second-order valence-corrected chi connectivity index (χ2v) is 12.5. The van der Waals surface area contributed by atoms with Crippen molar-refractivity contribution in [3.05, 3.63) is 59.4 Å². The average molecular weight is 817 g/mol. The second kappa shape index (κ2) is 30.1. The molecular formula is C37H48ClKN6O10. The van der Waals surface area contributed by atoms with Crippen molar-refractivity contribution in [3.8, 4) is 48.8 Å². The van der Waals surface area contributed by atoms with Gasteiger partial charge in [0.05, 0.1) is 45.4 Å². The third-order valence-electron chi connectivity index (χ3n) is 3.81. The molecule has 0 radical (unpaired) electrons. The number of halogens is 1. The van der Waals surface area contributed by atoms with Crippen LogP contribution >= 0.6 is 11.6 Å². The van der Waals surface area contributed by atoms with Crippen molar-refractivity contribution in [1.29, 1.82) is 0 Å². The maximum Gasteiger partial charge on any atom is 1.00 e. The minimum Gasteiger partial charge on any atom is -0.850 e. The number of rotatable bonds is 7. The predicted molar refractivity (Wildman–Crippen MR) is 199 cm³/mol. The zero-order valence-corrected chi connectivity index (χ0v) is 35.3. The molecule has 0 bridgehead atoms. The van der Waals surface area contributed by atoms with Gasteiger partial charge in [-0.05, 0) is 41.5 Å². The summed E-state index contributed by atoms with van der Waals surface area (Å²) in [5.74, 6) is 2.42. The first-order valence-corrected chi connectivity index (χ1v) is 15.0. The molecule has 3 heterocycles. The minimum atomic E-state index is -2.43. The summed E-state index contributed by atoms with van der Waals surface area (Å²) in [5.41, 5.74) is -2.01. The smallest absolute Gasteiger partial charge is 0.850 e. The summed E-state index contributed by atoms with van der Waals surface area (Å²) in [6.45, 7) is 8.46. The predicted octanol–water partition coefficient (Wildman–Crippen LogP) is 1.11. The molecule has 3 rings (SSSR count). The number of carboxylic acids is 1. The van der Waals surface area contributed by atoms with E-state index in [1.165, 1.54) is 18.3 Å². The van der Waals surface area contributed by atoms with E-state index in [0.717, 1.165) is 24.8 Å². The molecule has 3 aromatic heterocycles. The van der Waals surface area contributed by atoms with E-state index in [1.807, 2.05) is 5.92 Å². The molecule has 0 saturated carbocycles. The molecule has 0 aliphatic rings. The SMILES string of the molecule is C.CC(C)(C)OC(=O)c1cnc(Cl)cn1.CC(C)(C)[O-].[2H]C([2H])(C#C)Oc1cnc(C(=O)O)cn1.[2H]C([2H])(C#C)Oc1cnc(C(=O)OC(C)(C)C)cn1.[2H]C([2H])(O)C#C.[K+]. The van der Waals surface area contributed by atoms with E-state index in [-0.39, 0.29) is 92.8 Å². The van der Waals surface area contributed by atoms with Crippen molar-refractivity contribution >= 4 is 29.5 Å². The van der Waals surface area contributed by atoms with Crippen LogP contribution in [-0.4, -0.2) is 94.5 Å². The standard InChI is InChI=1S/C12H14N2O3.C9H11ClN2O2.C8H6N2O3.C4H9O.C3H4O.CH4.K/c1-5-6-16-10-8-13-9(7-14-10)11(15)17-12(2,3)4;1-9(2,3)14-8(13)6-4-12-7(10)5-11-6;1-2-3-13-7-5-9-6(4-10-7)8(11)12;1-4(2,3)5;1-2-3-4;;/h1,7-8H,6H2,2-4H3;4-5H,1-3H3;1,4-5H,3H2,(H,11,12);1-3H3;1,4H,3H2;1H4;/q;;;-1;;;+1/i6D2;;3D2;;3D2;;. The van der Waals surface area contributed by atoms with Crippen molar-refractivity contribution in [2.24, 2.45) is 0 Å². The van der Waals surface area contributed by atoms with Crippen LogP contribution in [0.4, 0.5) is 0 Å². The van der Waals surface area contributed by atoms with Crippen molar-refractivity contribution in [1.82, 2.24) is 29.9 Å². The Kier molecular flexibility index (Phi) is 24.7. The number of carbonyl (C=O) groups excluding carboxylic acids is 2. The van der Waals surface area contributed by atoms with Crippen LogP contribution in [0.25, 0.3) is 0 Å². The number of nitrogens with zero attached hydrogens (tertiary/aromatic N) is 6. The van der Waals surface area contributed by atoms with Gasteiger partial charge in [0.2, 0.25) is 11.8 Å². The Bertz CT molecular complexity index is 1930. The van der Waals surface area contributed by atoms with Gasteiger partial charge in [-0.15, -0.1) is 24.9 Å². The summed E-state index contributed by atoms with van der Waals surface area (Å²) in [6.07, 6.45) is 21.0. The van der Waals surface area contributed by atoms with E-state index >= 15 is 0 Å². The Labute approximate surface area is 379 Å². The van der Waals surface area contributed by atoms with Crippen LogP contribution in [0.15, 0.2) is 37.2 Å². The molecule has 18 heteroatoms. The minimum absolute atomic E-state index is 0. The Hall–Kier alpha value is -4.22. The van der Waals surface area contributed by atoms with E-state index in [9.17, 15) is 19.5 Å². The molecule has 0 aromatic carbocycles. The second-order valence-electron chi connectivity index (χ2n) is 12.1. The topological polar surface area (TPSA) is 229 Å². The van der Waals surface area contributed by atoms with Crippen molar-refractivity contribution in [2.45, 2.75) is 86.5 Å². The van der Waals surface area contributed by atoms with Gasteiger partial charge in [-0.2, -0.15) is 0 Å².